The normalized spacial score (nSPS) is 27.2. The monoisotopic (exact) mass is 249 g/mol. The third-order valence-corrected chi connectivity index (χ3v) is 3.71. The summed E-state index contributed by atoms with van der Waals surface area (Å²) in [6, 6.07) is 5.52. The number of hydrogen-bond donors (Lipinski definition) is 1. The quantitative estimate of drug-likeness (QED) is 0.869. The lowest BCUT2D eigenvalue weighted by Gasteiger charge is -2.44. The van der Waals surface area contributed by atoms with Crippen LogP contribution < -0.4 is 4.74 Å². The SMILES string of the molecule is CCCN1CCO[C@H]2c3cc(O)ccc3OC[C@H]21. The summed E-state index contributed by atoms with van der Waals surface area (Å²) in [6.07, 6.45) is 1.16. The molecule has 2 heterocycles. The summed E-state index contributed by atoms with van der Waals surface area (Å²) in [5, 5.41) is 9.62. The minimum atomic E-state index is 0.0288. The number of phenols is 1. The fraction of sp³-hybridized carbons (Fsp3) is 0.571. The second kappa shape index (κ2) is 4.78. The van der Waals surface area contributed by atoms with Gasteiger partial charge in [-0.2, -0.15) is 0 Å². The van der Waals surface area contributed by atoms with Gasteiger partial charge in [0.25, 0.3) is 0 Å². The molecular formula is C14H19NO3. The Labute approximate surface area is 107 Å². The zero-order valence-electron chi connectivity index (χ0n) is 10.6. The lowest BCUT2D eigenvalue weighted by atomic mass is 9.96. The predicted molar refractivity (Wildman–Crippen MR) is 67.9 cm³/mol. The molecule has 0 saturated carbocycles. The van der Waals surface area contributed by atoms with Crippen LogP contribution in [0.5, 0.6) is 11.5 Å². The first-order chi connectivity index (χ1) is 8.79. The smallest absolute Gasteiger partial charge is 0.125 e. The van der Waals surface area contributed by atoms with Crippen LogP contribution in [-0.4, -0.2) is 42.4 Å². The molecule has 2 aliphatic heterocycles. The molecule has 2 atom stereocenters. The molecule has 0 spiro atoms. The molecular weight excluding hydrogens is 230 g/mol. The first-order valence-electron chi connectivity index (χ1n) is 6.61. The van der Waals surface area contributed by atoms with Gasteiger partial charge in [-0.15, -0.1) is 0 Å². The Balaban J connectivity index is 1.91. The Kier molecular flexibility index (Phi) is 3.14. The van der Waals surface area contributed by atoms with E-state index in [1.807, 2.05) is 6.07 Å². The topological polar surface area (TPSA) is 41.9 Å². The second-order valence-corrected chi connectivity index (χ2v) is 4.93. The molecule has 18 heavy (non-hydrogen) atoms. The van der Waals surface area contributed by atoms with Crippen molar-refractivity contribution in [3.05, 3.63) is 23.8 Å². The number of hydrogen-bond acceptors (Lipinski definition) is 4. The molecule has 0 aromatic heterocycles. The van der Waals surface area contributed by atoms with E-state index in [-0.39, 0.29) is 17.9 Å². The van der Waals surface area contributed by atoms with E-state index in [1.165, 1.54) is 0 Å². The fourth-order valence-electron chi connectivity index (χ4n) is 2.88. The van der Waals surface area contributed by atoms with Crippen LogP contribution in [0.4, 0.5) is 0 Å². The van der Waals surface area contributed by atoms with Crippen LogP contribution in [0.15, 0.2) is 18.2 Å². The van der Waals surface area contributed by atoms with Crippen molar-refractivity contribution in [1.29, 1.82) is 0 Å². The van der Waals surface area contributed by atoms with Crippen molar-refractivity contribution in [2.24, 2.45) is 0 Å². The Morgan fingerprint density at radius 2 is 2.33 bits per heavy atom. The fourth-order valence-corrected chi connectivity index (χ4v) is 2.88. The highest BCUT2D eigenvalue weighted by molar-refractivity contribution is 5.43. The largest absolute Gasteiger partial charge is 0.508 e. The maximum atomic E-state index is 9.62. The molecule has 0 unspecified atom stereocenters. The van der Waals surface area contributed by atoms with Crippen molar-refractivity contribution in [3.63, 3.8) is 0 Å². The van der Waals surface area contributed by atoms with Gasteiger partial charge in [0.05, 0.1) is 12.6 Å². The lowest BCUT2D eigenvalue weighted by Crippen LogP contribution is -2.52. The average Bonchev–Trinajstić information content (AvgIpc) is 2.39. The molecule has 4 nitrogen and oxygen atoms in total. The van der Waals surface area contributed by atoms with Crippen LogP contribution in [0.1, 0.15) is 25.0 Å². The molecule has 1 saturated heterocycles. The molecule has 0 radical (unpaired) electrons. The Bertz CT molecular complexity index is 433. The summed E-state index contributed by atoms with van der Waals surface area (Å²) < 4.78 is 11.7. The minimum Gasteiger partial charge on any atom is -0.508 e. The van der Waals surface area contributed by atoms with Crippen molar-refractivity contribution >= 4 is 0 Å². The number of morpholine rings is 1. The van der Waals surface area contributed by atoms with E-state index in [0.717, 1.165) is 37.4 Å². The van der Waals surface area contributed by atoms with Gasteiger partial charge in [0, 0.05) is 12.1 Å². The Morgan fingerprint density at radius 3 is 3.17 bits per heavy atom. The van der Waals surface area contributed by atoms with Crippen molar-refractivity contribution in [2.75, 3.05) is 26.3 Å². The summed E-state index contributed by atoms with van der Waals surface area (Å²) in [7, 11) is 0. The summed E-state index contributed by atoms with van der Waals surface area (Å²) in [5.74, 6) is 1.11. The molecule has 0 bridgehead atoms. The predicted octanol–water partition coefficient (Wildman–Crippen LogP) is 1.94. The molecule has 3 rings (SSSR count). The van der Waals surface area contributed by atoms with Gasteiger partial charge < -0.3 is 14.6 Å². The molecule has 1 aromatic rings. The van der Waals surface area contributed by atoms with Crippen LogP contribution in [-0.2, 0) is 4.74 Å². The highest BCUT2D eigenvalue weighted by Gasteiger charge is 2.38. The lowest BCUT2D eigenvalue weighted by molar-refractivity contribution is -0.0956. The third kappa shape index (κ3) is 1.95. The van der Waals surface area contributed by atoms with E-state index in [4.69, 9.17) is 9.47 Å². The maximum Gasteiger partial charge on any atom is 0.125 e. The van der Waals surface area contributed by atoms with Crippen molar-refractivity contribution < 1.29 is 14.6 Å². The van der Waals surface area contributed by atoms with Crippen LogP contribution in [0.3, 0.4) is 0 Å². The molecule has 0 amide bonds. The maximum absolute atomic E-state index is 9.62. The number of nitrogens with zero attached hydrogens (tertiary/aromatic N) is 1. The van der Waals surface area contributed by atoms with Crippen molar-refractivity contribution in [1.82, 2.24) is 4.90 Å². The van der Waals surface area contributed by atoms with E-state index in [2.05, 4.69) is 11.8 Å². The van der Waals surface area contributed by atoms with E-state index in [9.17, 15) is 5.11 Å². The minimum absolute atomic E-state index is 0.0288. The third-order valence-electron chi connectivity index (χ3n) is 3.71. The van der Waals surface area contributed by atoms with Gasteiger partial charge >= 0.3 is 0 Å². The van der Waals surface area contributed by atoms with Crippen LogP contribution in [0.25, 0.3) is 0 Å². The van der Waals surface area contributed by atoms with E-state index in [1.54, 1.807) is 12.1 Å². The summed E-state index contributed by atoms with van der Waals surface area (Å²) in [4.78, 5) is 2.43. The first kappa shape index (κ1) is 11.8. The number of fused-ring (bicyclic) bond motifs is 3. The summed E-state index contributed by atoms with van der Waals surface area (Å²) in [5.41, 5.74) is 0.979. The van der Waals surface area contributed by atoms with Gasteiger partial charge in [0.1, 0.15) is 24.2 Å². The molecule has 4 heteroatoms. The van der Waals surface area contributed by atoms with Crippen molar-refractivity contribution in [2.45, 2.75) is 25.5 Å². The molecule has 2 aliphatic rings. The number of aromatic hydroxyl groups is 1. The van der Waals surface area contributed by atoms with Crippen LogP contribution in [0, 0.1) is 0 Å². The van der Waals surface area contributed by atoms with E-state index >= 15 is 0 Å². The van der Waals surface area contributed by atoms with Gasteiger partial charge in [0.15, 0.2) is 0 Å². The van der Waals surface area contributed by atoms with E-state index < -0.39 is 0 Å². The Morgan fingerprint density at radius 1 is 1.44 bits per heavy atom. The first-order valence-corrected chi connectivity index (χ1v) is 6.61. The van der Waals surface area contributed by atoms with Gasteiger partial charge in [-0.1, -0.05) is 6.92 Å². The van der Waals surface area contributed by atoms with Gasteiger partial charge in [0.2, 0.25) is 0 Å². The average molecular weight is 249 g/mol. The van der Waals surface area contributed by atoms with Crippen molar-refractivity contribution in [3.8, 4) is 11.5 Å². The summed E-state index contributed by atoms with van der Waals surface area (Å²) in [6.45, 7) is 5.64. The van der Waals surface area contributed by atoms with Gasteiger partial charge in [-0.05, 0) is 31.2 Å². The van der Waals surface area contributed by atoms with Crippen LogP contribution >= 0.6 is 0 Å². The van der Waals surface area contributed by atoms with E-state index in [0.29, 0.717) is 6.61 Å². The standard InChI is InChI=1S/C14H19NO3/c1-2-5-15-6-7-17-14-11-8-10(16)3-4-13(11)18-9-12(14)15/h3-4,8,12,14,16H,2,5-7,9H2,1H3/t12-,14+/m1/s1. The molecule has 98 valence electrons. The highest BCUT2D eigenvalue weighted by atomic mass is 16.5. The van der Waals surface area contributed by atoms with Crippen LogP contribution in [0.2, 0.25) is 0 Å². The molecule has 0 aliphatic carbocycles. The zero-order chi connectivity index (χ0) is 12.5. The van der Waals surface area contributed by atoms with Gasteiger partial charge in [-0.25, -0.2) is 0 Å². The number of rotatable bonds is 2. The highest BCUT2D eigenvalue weighted by Crippen LogP contribution is 2.40. The second-order valence-electron chi connectivity index (χ2n) is 4.93. The molecule has 1 aromatic carbocycles. The Hall–Kier alpha value is -1.26. The summed E-state index contributed by atoms with van der Waals surface area (Å²) >= 11 is 0. The number of ether oxygens (including phenoxy) is 2. The van der Waals surface area contributed by atoms with Gasteiger partial charge in [-0.3, -0.25) is 4.90 Å². The molecule has 1 N–H and O–H groups in total. The zero-order valence-corrected chi connectivity index (χ0v) is 10.6. The molecule has 1 fully saturated rings. The number of benzene rings is 1. The number of phenolic OH excluding ortho intramolecular Hbond substituents is 1.